The van der Waals surface area contributed by atoms with E-state index in [0.29, 0.717) is 6.61 Å². The Morgan fingerprint density at radius 3 is 2.38 bits per heavy atom. The van der Waals surface area contributed by atoms with Gasteiger partial charge in [0.1, 0.15) is 12.4 Å². The summed E-state index contributed by atoms with van der Waals surface area (Å²) < 4.78 is 5.32. The van der Waals surface area contributed by atoms with Crippen LogP contribution in [0.5, 0.6) is 5.75 Å². The van der Waals surface area contributed by atoms with Crippen LogP contribution in [-0.4, -0.2) is 17.8 Å². The van der Waals surface area contributed by atoms with Crippen molar-refractivity contribution >= 4 is 0 Å². The lowest BCUT2D eigenvalue weighted by atomic mass is 10.2. The lowest BCUT2D eigenvalue weighted by Gasteiger charge is -2.08. The highest BCUT2D eigenvalue weighted by Crippen LogP contribution is 2.12. The summed E-state index contributed by atoms with van der Waals surface area (Å²) in [6.45, 7) is 4.18. The first-order valence-corrected chi connectivity index (χ1v) is 4.62. The van der Waals surface area contributed by atoms with Gasteiger partial charge in [0, 0.05) is 0 Å². The number of ether oxygens (including phenoxy) is 1. The van der Waals surface area contributed by atoms with Gasteiger partial charge in [-0.3, -0.25) is 0 Å². The maximum Gasteiger partial charge on any atom is 0.119 e. The number of aryl methyl sites for hydroxylation is 1. The molecule has 0 aliphatic heterocycles. The number of rotatable bonds is 4. The molecule has 72 valence electrons. The molecule has 13 heavy (non-hydrogen) atoms. The number of hydrogen-bond donors (Lipinski definition) is 1. The molecular weight excluding hydrogens is 164 g/mol. The standard InChI is InChI=1S/C11H16O2/c1-3-10-4-6-11(7-5-10)13-8-9(2)12/h4-7,9,12H,3,8H2,1-2H3. The van der Waals surface area contributed by atoms with Crippen LogP contribution in [0.25, 0.3) is 0 Å². The SMILES string of the molecule is CCc1ccc(OCC(C)O)cc1. The Balaban J connectivity index is 2.49. The molecule has 1 aromatic carbocycles. The lowest BCUT2D eigenvalue weighted by Crippen LogP contribution is -2.12. The third-order valence-electron chi connectivity index (χ3n) is 1.82. The maximum absolute atomic E-state index is 8.99. The summed E-state index contributed by atoms with van der Waals surface area (Å²) >= 11 is 0. The molecule has 0 amide bonds. The fourth-order valence-corrected chi connectivity index (χ4v) is 1.04. The van der Waals surface area contributed by atoms with Crippen LogP contribution in [0.1, 0.15) is 19.4 Å². The van der Waals surface area contributed by atoms with Gasteiger partial charge in [-0.05, 0) is 31.0 Å². The van der Waals surface area contributed by atoms with Crippen LogP contribution < -0.4 is 4.74 Å². The first kappa shape index (κ1) is 10.1. The van der Waals surface area contributed by atoms with Gasteiger partial charge in [0.05, 0.1) is 6.10 Å². The summed E-state index contributed by atoms with van der Waals surface area (Å²) in [5, 5.41) is 8.99. The molecule has 0 fully saturated rings. The summed E-state index contributed by atoms with van der Waals surface area (Å²) in [6.07, 6.45) is 0.627. The van der Waals surface area contributed by atoms with Gasteiger partial charge in [0.2, 0.25) is 0 Å². The highest BCUT2D eigenvalue weighted by atomic mass is 16.5. The van der Waals surface area contributed by atoms with Crippen LogP contribution in [0.4, 0.5) is 0 Å². The Morgan fingerprint density at radius 1 is 1.31 bits per heavy atom. The molecule has 0 aliphatic rings. The third-order valence-corrected chi connectivity index (χ3v) is 1.82. The topological polar surface area (TPSA) is 29.5 Å². The van der Waals surface area contributed by atoms with Crippen molar-refractivity contribution in [1.29, 1.82) is 0 Å². The number of benzene rings is 1. The molecule has 0 radical (unpaired) electrons. The van der Waals surface area contributed by atoms with Crippen LogP contribution in [0.15, 0.2) is 24.3 Å². The lowest BCUT2D eigenvalue weighted by molar-refractivity contribution is 0.122. The smallest absolute Gasteiger partial charge is 0.119 e. The molecule has 0 heterocycles. The van der Waals surface area contributed by atoms with Gasteiger partial charge >= 0.3 is 0 Å². The first-order chi connectivity index (χ1) is 6.22. The summed E-state index contributed by atoms with van der Waals surface area (Å²) in [6, 6.07) is 7.94. The van der Waals surface area contributed by atoms with E-state index in [0.717, 1.165) is 12.2 Å². The summed E-state index contributed by atoms with van der Waals surface area (Å²) in [4.78, 5) is 0. The molecule has 1 atom stereocenters. The minimum Gasteiger partial charge on any atom is -0.491 e. The Kier molecular flexibility index (Phi) is 3.77. The molecule has 0 aromatic heterocycles. The van der Waals surface area contributed by atoms with E-state index < -0.39 is 6.10 Å². The molecule has 0 saturated carbocycles. The van der Waals surface area contributed by atoms with Gasteiger partial charge in [-0.15, -0.1) is 0 Å². The molecule has 2 nitrogen and oxygen atoms in total. The monoisotopic (exact) mass is 180 g/mol. The minimum absolute atomic E-state index is 0.353. The zero-order valence-corrected chi connectivity index (χ0v) is 8.16. The van der Waals surface area contributed by atoms with Gasteiger partial charge in [-0.2, -0.15) is 0 Å². The van der Waals surface area contributed by atoms with Gasteiger partial charge in [-0.1, -0.05) is 19.1 Å². The summed E-state index contributed by atoms with van der Waals surface area (Å²) in [7, 11) is 0. The summed E-state index contributed by atoms with van der Waals surface area (Å²) in [5.41, 5.74) is 1.30. The summed E-state index contributed by atoms with van der Waals surface area (Å²) in [5.74, 6) is 0.818. The second kappa shape index (κ2) is 4.87. The molecule has 0 aliphatic carbocycles. The molecule has 1 N–H and O–H groups in total. The highest BCUT2D eigenvalue weighted by molar-refractivity contribution is 5.27. The van der Waals surface area contributed by atoms with Crippen LogP contribution >= 0.6 is 0 Å². The second-order valence-corrected chi connectivity index (χ2v) is 3.16. The van der Waals surface area contributed by atoms with Crippen LogP contribution in [0.2, 0.25) is 0 Å². The van der Waals surface area contributed by atoms with Gasteiger partial charge < -0.3 is 9.84 Å². The normalized spacial score (nSPS) is 12.5. The molecule has 1 aromatic rings. The van der Waals surface area contributed by atoms with Crippen molar-refractivity contribution in [2.45, 2.75) is 26.4 Å². The Bertz CT molecular complexity index is 239. The average Bonchev–Trinajstić information content (AvgIpc) is 2.15. The van der Waals surface area contributed by atoms with Crippen molar-refractivity contribution in [1.82, 2.24) is 0 Å². The van der Waals surface area contributed by atoms with Crippen LogP contribution in [0, 0.1) is 0 Å². The number of aliphatic hydroxyl groups excluding tert-OH is 1. The van der Waals surface area contributed by atoms with Crippen molar-refractivity contribution in [3.8, 4) is 5.75 Å². The highest BCUT2D eigenvalue weighted by Gasteiger charge is 1.97. The fourth-order valence-electron chi connectivity index (χ4n) is 1.04. The van der Waals surface area contributed by atoms with E-state index >= 15 is 0 Å². The van der Waals surface area contributed by atoms with Gasteiger partial charge in [0.25, 0.3) is 0 Å². The third kappa shape index (κ3) is 3.47. The first-order valence-electron chi connectivity index (χ1n) is 4.62. The number of hydrogen-bond acceptors (Lipinski definition) is 2. The molecule has 0 spiro atoms. The van der Waals surface area contributed by atoms with E-state index in [1.54, 1.807) is 6.92 Å². The zero-order chi connectivity index (χ0) is 9.68. The van der Waals surface area contributed by atoms with E-state index in [1.807, 2.05) is 24.3 Å². The quantitative estimate of drug-likeness (QED) is 0.768. The average molecular weight is 180 g/mol. The Morgan fingerprint density at radius 2 is 1.92 bits per heavy atom. The Hall–Kier alpha value is -1.02. The predicted molar refractivity (Wildman–Crippen MR) is 53.0 cm³/mol. The van der Waals surface area contributed by atoms with Crippen molar-refractivity contribution in [3.63, 3.8) is 0 Å². The van der Waals surface area contributed by atoms with Gasteiger partial charge in [0.15, 0.2) is 0 Å². The van der Waals surface area contributed by atoms with E-state index in [1.165, 1.54) is 5.56 Å². The molecule has 0 saturated heterocycles. The molecule has 1 rings (SSSR count). The Labute approximate surface area is 79.2 Å². The molecular formula is C11H16O2. The van der Waals surface area contributed by atoms with E-state index in [-0.39, 0.29) is 0 Å². The largest absolute Gasteiger partial charge is 0.491 e. The number of aliphatic hydroxyl groups is 1. The molecule has 0 bridgehead atoms. The minimum atomic E-state index is -0.411. The van der Waals surface area contributed by atoms with Crippen LogP contribution in [-0.2, 0) is 6.42 Å². The molecule has 1 unspecified atom stereocenters. The van der Waals surface area contributed by atoms with E-state index in [2.05, 4.69) is 6.92 Å². The maximum atomic E-state index is 8.99. The van der Waals surface area contributed by atoms with Crippen molar-refractivity contribution in [3.05, 3.63) is 29.8 Å². The van der Waals surface area contributed by atoms with Crippen molar-refractivity contribution < 1.29 is 9.84 Å². The van der Waals surface area contributed by atoms with E-state index in [4.69, 9.17) is 9.84 Å². The van der Waals surface area contributed by atoms with Crippen molar-refractivity contribution in [2.75, 3.05) is 6.61 Å². The zero-order valence-electron chi connectivity index (χ0n) is 8.16. The van der Waals surface area contributed by atoms with Crippen LogP contribution in [0.3, 0.4) is 0 Å². The van der Waals surface area contributed by atoms with Crippen molar-refractivity contribution in [2.24, 2.45) is 0 Å². The molecule has 2 heteroatoms. The predicted octanol–water partition coefficient (Wildman–Crippen LogP) is 2.01. The van der Waals surface area contributed by atoms with E-state index in [9.17, 15) is 0 Å². The van der Waals surface area contributed by atoms with Gasteiger partial charge in [-0.25, -0.2) is 0 Å². The second-order valence-electron chi connectivity index (χ2n) is 3.16. The fraction of sp³-hybridized carbons (Fsp3) is 0.455.